The van der Waals surface area contributed by atoms with Gasteiger partial charge in [-0.2, -0.15) is 0 Å². The summed E-state index contributed by atoms with van der Waals surface area (Å²) in [7, 11) is 1.61. The van der Waals surface area contributed by atoms with Gasteiger partial charge in [0.25, 0.3) is 0 Å². The van der Waals surface area contributed by atoms with E-state index in [1.54, 1.807) is 7.11 Å². The van der Waals surface area contributed by atoms with Crippen molar-refractivity contribution < 1.29 is 14.6 Å². The highest BCUT2D eigenvalue weighted by molar-refractivity contribution is 9.10. The molecule has 1 fully saturated rings. The van der Waals surface area contributed by atoms with Crippen LogP contribution in [-0.4, -0.2) is 44.2 Å². The molecule has 2 rings (SSSR count). The maximum absolute atomic E-state index is 10.1. The van der Waals surface area contributed by atoms with Gasteiger partial charge in [-0.05, 0) is 17.7 Å². The number of rotatable bonds is 5. The number of hydrogen-bond donors (Lipinski definition) is 2. The Kier molecular flexibility index (Phi) is 5.78. The van der Waals surface area contributed by atoms with Gasteiger partial charge in [0.15, 0.2) is 0 Å². The van der Waals surface area contributed by atoms with Gasteiger partial charge >= 0.3 is 0 Å². The van der Waals surface area contributed by atoms with Crippen LogP contribution in [0.2, 0.25) is 0 Å². The van der Waals surface area contributed by atoms with Crippen LogP contribution < -0.4 is 5.32 Å². The molecule has 0 spiro atoms. The maximum atomic E-state index is 10.1. The molecule has 1 aliphatic rings. The van der Waals surface area contributed by atoms with Crippen molar-refractivity contribution >= 4 is 15.9 Å². The Labute approximate surface area is 122 Å². The number of halogens is 1. The minimum atomic E-state index is -0.464. The molecule has 1 aromatic rings. The van der Waals surface area contributed by atoms with Crippen LogP contribution in [0.1, 0.15) is 5.56 Å². The molecule has 0 amide bonds. The number of benzene rings is 1. The third kappa shape index (κ3) is 4.26. The Bertz CT molecular complexity index is 402. The van der Waals surface area contributed by atoms with E-state index in [0.717, 1.165) is 11.0 Å². The number of methoxy groups -OCH3 is 1. The summed E-state index contributed by atoms with van der Waals surface area (Å²) in [6.45, 7) is 2.54. The van der Waals surface area contributed by atoms with Crippen LogP contribution in [0.4, 0.5) is 0 Å². The summed E-state index contributed by atoms with van der Waals surface area (Å²) < 4.78 is 11.7. The molecule has 5 heteroatoms. The van der Waals surface area contributed by atoms with E-state index >= 15 is 0 Å². The Morgan fingerprint density at radius 1 is 1.47 bits per heavy atom. The molecule has 2 N–H and O–H groups in total. The summed E-state index contributed by atoms with van der Waals surface area (Å²) in [5.41, 5.74) is 1.21. The molecule has 3 atom stereocenters. The van der Waals surface area contributed by atoms with Crippen LogP contribution >= 0.6 is 15.9 Å². The zero-order valence-electron chi connectivity index (χ0n) is 11.0. The Hall–Kier alpha value is -0.460. The fourth-order valence-corrected chi connectivity index (χ4v) is 2.72. The lowest BCUT2D eigenvalue weighted by Gasteiger charge is -2.33. The van der Waals surface area contributed by atoms with Gasteiger partial charge in [0.1, 0.15) is 6.10 Å². The lowest BCUT2D eigenvalue weighted by Crippen LogP contribution is -2.48. The highest BCUT2D eigenvalue weighted by Crippen LogP contribution is 2.17. The van der Waals surface area contributed by atoms with Gasteiger partial charge in [0.05, 0.1) is 19.3 Å². The molecule has 19 heavy (non-hydrogen) atoms. The molecular formula is C14H20BrNO3. The van der Waals surface area contributed by atoms with E-state index in [1.807, 2.05) is 12.1 Å². The largest absolute Gasteiger partial charge is 0.390 e. The quantitative estimate of drug-likeness (QED) is 0.860. The van der Waals surface area contributed by atoms with Gasteiger partial charge in [-0.3, -0.25) is 0 Å². The van der Waals surface area contributed by atoms with Gasteiger partial charge < -0.3 is 19.9 Å². The first-order valence-corrected chi connectivity index (χ1v) is 7.23. The van der Waals surface area contributed by atoms with E-state index in [-0.39, 0.29) is 12.0 Å². The first kappa shape index (κ1) is 14.9. The second-order valence-electron chi connectivity index (χ2n) is 4.82. The number of aliphatic hydroxyl groups is 1. The van der Waals surface area contributed by atoms with E-state index < -0.39 is 6.10 Å². The maximum Gasteiger partial charge on any atom is 0.107 e. The van der Waals surface area contributed by atoms with Crippen LogP contribution in [0, 0.1) is 5.92 Å². The van der Waals surface area contributed by atoms with Crippen molar-refractivity contribution in [2.45, 2.75) is 18.8 Å². The van der Waals surface area contributed by atoms with Crippen LogP contribution in [0.15, 0.2) is 28.7 Å². The summed E-state index contributed by atoms with van der Waals surface area (Å²) in [5.74, 6) is 0.0749. The van der Waals surface area contributed by atoms with Crippen LogP contribution in [0.5, 0.6) is 0 Å². The van der Waals surface area contributed by atoms with E-state index in [9.17, 15) is 5.11 Å². The molecule has 1 heterocycles. The molecule has 0 radical (unpaired) electrons. The minimum Gasteiger partial charge on any atom is -0.390 e. The summed E-state index contributed by atoms with van der Waals surface area (Å²) >= 11 is 3.45. The summed E-state index contributed by atoms with van der Waals surface area (Å²) in [4.78, 5) is 0. The molecular weight excluding hydrogens is 310 g/mol. The average Bonchev–Trinajstić information content (AvgIpc) is 2.41. The lowest BCUT2D eigenvalue weighted by atomic mass is 9.96. The number of hydrogen-bond acceptors (Lipinski definition) is 4. The van der Waals surface area contributed by atoms with Crippen molar-refractivity contribution in [3.8, 4) is 0 Å². The molecule has 1 aliphatic heterocycles. The summed E-state index contributed by atoms with van der Waals surface area (Å²) in [6, 6.07) is 8.17. The molecule has 0 aliphatic carbocycles. The first-order valence-electron chi connectivity index (χ1n) is 6.44. The highest BCUT2D eigenvalue weighted by atomic mass is 79.9. The lowest BCUT2D eigenvalue weighted by molar-refractivity contribution is -0.133. The minimum absolute atomic E-state index is 0.0749. The van der Waals surface area contributed by atoms with E-state index in [4.69, 9.17) is 9.47 Å². The van der Waals surface area contributed by atoms with Gasteiger partial charge in [-0.1, -0.05) is 28.1 Å². The van der Waals surface area contributed by atoms with E-state index in [2.05, 4.69) is 33.4 Å². The van der Waals surface area contributed by atoms with Crippen molar-refractivity contribution in [3.63, 3.8) is 0 Å². The molecule has 106 valence electrons. The third-order valence-corrected chi connectivity index (χ3v) is 3.90. The van der Waals surface area contributed by atoms with Crippen LogP contribution in [0.3, 0.4) is 0 Å². The zero-order valence-corrected chi connectivity index (χ0v) is 12.6. The monoisotopic (exact) mass is 329 g/mol. The second-order valence-corrected chi connectivity index (χ2v) is 5.74. The molecule has 1 saturated heterocycles. The number of ether oxygens (including phenoxy) is 2. The molecule has 0 saturated carbocycles. The van der Waals surface area contributed by atoms with E-state index in [1.165, 1.54) is 5.56 Å². The van der Waals surface area contributed by atoms with Crippen molar-refractivity contribution in [2.75, 3.05) is 26.9 Å². The topological polar surface area (TPSA) is 50.7 Å². The Morgan fingerprint density at radius 3 is 3.05 bits per heavy atom. The fourth-order valence-electron chi connectivity index (χ4n) is 2.27. The van der Waals surface area contributed by atoms with Crippen LogP contribution in [0.25, 0.3) is 0 Å². The molecule has 1 aromatic carbocycles. The van der Waals surface area contributed by atoms with Gasteiger partial charge in [0.2, 0.25) is 0 Å². The predicted octanol–water partition coefficient (Wildman–Crippen LogP) is 1.56. The van der Waals surface area contributed by atoms with E-state index in [0.29, 0.717) is 19.8 Å². The number of aliphatic hydroxyl groups excluding tert-OH is 1. The third-order valence-electron chi connectivity index (χ3n) is 3.41. The first-order chi connectivity index (χ1) is 9.20. The smallest absolute Gasteiger partial charge is 0.107 e. The van der Waals surface area contributed by atoms with Crippen molar-refractivity contribution in [3.05, 3.63) is 34.3 Å². The molecule has 4 nitrogen and oxygen atoms in total. The standard InChI is InChI=1S/C14H20BrNO3/c1-18-13-9-19-8-11(14(13)17)7-16-6-10-3-2-4-12(15)5-10/h2-5,11,13-14,16-17H,6-9H2,1H3/t11-,13-,14+/m1/s1. The summed E-state index contributed by atoms with van der Waals surface area (Å²) in [6.07, 6.45) is -0.680. The van der Waals surface area contributed by atoms with Crippen molar-refractivity contribution in [1.29, 1.82) is 0 Å². The van der Waals surface area contributed by atoms with Gasteiger partial charge in [-0.25, -0.2) is 0 Å². The second kappa shape index (κ2) is 7.36. The average molecular weight is 330 g/mol. The zero-order chi connectivity index (χ0) is 13.7. The highest BCUT2D eigenvalue weighted by Gasteiger charge is 2.32. The fraction of sp³-hybridized carbons (Fsp3) is 0.571. The Balaban J connectivity index is 1.79. The molecule has 0 aromatic heterocycles. The van der Waals surface area contributed by atoms with Gasteiger partial charge in [-0.15, -0.1) is 0 Å². The normalized spacial score (nSPS) is 27.4. The van der Waals surface area contributed by atoms with Crippen molar-refractivity contribution in [1.82, 2.24) is 5.32 Å². The Morgan fingerprint density at radius 2 is 2.32 bits per heavy atom. The van der Waals surface area contributed by atoms with Crippen molar-refractivity contribution in [2.24, 2.45) is 5.92 Å². The molecule has 0 unspecified atom stereocenters. The van der Waals surface area contributed by atoms with Crippen LogP contribution in [-0.2, 0) is 16.0 Å². The number of nitrogens with one attached hydrogen (secondary N) is 1. The van der Waals surface area contributed by atoms with Gasteiger partial charge in [0, 0.05) is 30.6 Å². The molecule has 0 bridgehead atoms. The predicted molar refractivity (Wildman–Crippen MR) is 77.0 cm³/mol. The summed E-state index contributed by atoms with van der Waals surface area (Å²) in [5, 5.41) is 13.5. The SMILES string of the molecule is CO[C@@H]1COC[C@@H](CNCc2cccc(Br)c2)[C@@H]1O.